The minimum Gasteiger partial charge on any atom is -0.306 e. The summed E-state index contributed by atoms with van der Waals surface area (Å²) in [6.45, 7) is 6.71. The van der Waals surface area contributed by atoms with E-state index >= 15 is 0 Å². The van der Waals surface area contributed by atoms with Gasteiger partial charge < -0.3 is 5.32 Å². The third-order valence-electron chi connectivity index (χ3n) is 1.34. The average molecular weight is 169 g/mol. The Labute approximate surface area is 70.3 Å². The zero-order chi connectivity index (χ0) is 8.10. The number of nitrogens with zero attached hydrogens (tertiary/aromatic N) is 2. The van der Waals surface area contributed by atoms with Crippen molar-refractivity contribution in [3.63, 3.8) is 0 Å². The number of nitrogens with one attached hydrogen (secondary N) is 1. The van der Waals surface area contributed by atoms with Crippen molar-refractivity contribution in [2.24, 2.45) is 0 Å². The van der Waals surface area contributed by atoms with Gasteiger partial charge in [0.2, 0.25) is 0 Å². The Morgan fingerprint density at radius 1 is 1.91 bits per heavy atom. The van der Waals surface area contributed by atoms with Gasteiger partial charge in [-0.1, -0.05) is 17.5 Å². The highest BCUT2D eigenvalue weighted by Crippen LogP contribution is 2.15. The molecule has 0 radical (unpaired) electrons. The molecule has 3 nitrogen and oxygen atoms in total. The Morgan fingerprint density at radius 3 is 3.18 bits per heavy atom. The molecular formula is C7H11N3S. The van der Waals surface area contributed by atoms with Gasteiger partial charge in [-0.25, -0.2) is 0 Å². The fraction of sp³-hybridized carbons (Fsp3) is 0.429. The number of rotatable bonds is 4. The molecule has 60 valence electrons. The predicted octanol–water partition coefficient (Wildman–Crippen LogP) is 1.37. The fourth-order valence-electron chi connectivity index (χ4n) is 0.832. The molecule has 0 aliphatic heterocycles. The Bertz CT molecular complexity index is 207. The lowest BCUT2D eigenvalue weighted by molar-refractivity contribution is 0.657. The van der Waals surface area contributed by atoms with Gasteiger partial charge in [0.1, 0.15) is 0 Å². The molecule has 1 unspecified atom stereocenters. The number of aromatic nitrogens is 2. The van der Waals surface area contributed by atoms with Crippen molar-refractivity contribution in [3.05, 3.63) is 23.7 Å². The first-order chi connectivity index (χ1) is 5.38. The minimum absolute atomic E-state index is 0.208. The highest BCUT2D eigenvalue weighted by molar-refractivity contribution is 7.05. The Kier molecular flexibility index (Phi) is 3.19. The SMILES string of the molecule is C=CC(NCC)c1cnns1. The molecule has 0 aliphatic rings. The Morgan fingerprint density at radius 2 is 2.73 bits per heavy atom. The van der Waals surface area contributed by atoms with E-state index in [1.807, 2.05) is 6.08 Å². The van der Waals surface area contributed by atoms with E-state index in [1.54, 1.807) is 6.20 Å². The summed E-state index contributed by atoms with van der Waals surface area (Å²) in [6.07, 6.45) is 3.62. The molecule has 0 spiro atoms. The highest BCUT2D eigenvalue weighted by Gasteiger charge is 2.06. The van der Waals surface area contributed by atoms with E-state index in [0.29, 0.717) is 0 Å². The van der Waals surface area contributed by atoms with Crippen LogP contribution in [0.4, 0.5) is 0 Å². The molecule has 0 aromatic carbocycles. The van der Waals surface area contributed by atoms with Crippen LogP contribution < -0.4 is 5.32 Å². The van der Waals surface area contributed by atoms with Crippen molar-refractivity contribution in [1.82, 2.24) is 14.9 Å². The maximum atomic E-state index is 3.78. The summed E-state index contributed by atoms with van der Waals surface area (Å²) < 4.78 is 3.78. The van der Waals surface area contributed by atoms with Gasteiger partial charge in [0.25, 0.3) is 0 Å². The quantitative estimate of drug-likeness (QED) is 0.692. The van der Waals surface area contributed by atoms with Gasteiger partial charge in [0.05, 0.1) is 17.1 Å². The van der Waals surface area contributed by atoms with Crippen molar-refractivity contribution in [2.75, 3.05) is 6.54 Å². The van der Waals surface area contributed by atoms with Crippen LogP contribution in [0.15, 0.2) is 18.9 Å². The molecule has 0 aliphatic carbocycles. The molecule has 4 heteroatoms. The molecule has 0 bridgehead atoms. The maximum absolute atomic E-state index is 3.78. The second-order valence-electron chi connectivity index (χ2n) is 2.09. The van der Waals surface area contributed by atoms with Crippen LogP contribution in [0.5, 0.6) is 0 Å². The maximum Gasteiger partial charge on any atom is 0.0672 e. The van der Waals surface area contributed by atoms with E-state index in [4.69, 9.17) is 0 Å². The van der Waals surface area contributed by atoms with E-state index in [9.17, 15) is 0 Å². The van der Waals surface area contributed by atoms with Crippen molar-refractivity contribution >= 4 is 11.5 Å². The molecule has 1 atom stereocenters. The molecule has 11 heavy (non-hydrogen) atoms. The largest absolute Gasteiger partial charge is 0.306 e. The smallest absolute Gasteiger partial charge is 0.0672 e. The molecule has 0 fully saturated rings. The second-order valence-corrected chi connectivity index (χ2v) is 2.91. The molecular weight excluding hydrogens is 158 g/mol. The van der Waals surface area contributed by atoms with Gasteiger partial charge in [0, 0.05) is 0 Å². The van der Waals surface area contributed by atoms with Crippen molar-refractivity contribution in [2.45, 2.75) is 13.0 Å². The first-order valence-corrected chi connectivity index (χ1v) is 4.29. The molecule has 1 aromatic heterocycles. The van der Waals surface area contributed by atoms with Crippen LogP contribution in [0.3, 0.4) is 0 Å². The summed E-state index contributed by atoms with van der Waals surface area (Å²) in [5.74, 6) is 0. The third-order valence-corrected chi connectivity index (χ3v) is 2.09. The Hall–Kier alpha value is -0.740. The summed E-state index contributed by atoms with van der Waals surface area (Å²) in [6, 6.07) is 0.208. The zero-order valence-electron chi connectivity index (χ0n) is 6.45. The van der Waals surface area contributed by atoms with Gasteiger partial charge in [0.15, 0.2) is 0 Å². The van der Waals surface area contributed by atoms with Crippen LogP contribution in [0.2, 0.25) is 0 Å². The number of likely N-dealkylation sites (N-methyl/N-ethyl adjacent to an activating group) is 1. The standard InChI is InChI=1S/C7H11N3S/c1-3-6(8-4-2)7-5-9-10-11-7/h3,5-6,8H,1,4H2,2H3. The average Bonchev–Trinajstić information content (AvgIpc) is 2.52. The van der Waals surface area contributed by atoms with Crippen molar-refractivity contribution in [1.29, 1.82) is 0 Å². The van der Waals surface area contributed by atoms with E-state index in [-0.39, 0.29) is 6.04 Å². The predicted molar refractivity (Wildman–Crippen MR) is 46.5 cm³/mol. The van der Waals surface area contributed by atoms with Gasteiger partial charge in [-0.2, -0.15) is 0 Å². The third kappa shape index (κ3) is 2.10. The zero-order valence-corrected chi connectivity index (χ0v) is 7.27. The van der Waals surface area contributed by atoms with Crippen LogP contribution in [-0.4, -0.2) is 16.1 Å². The summed E-state index contributed by atoms with van der Waals surface area (Å²) in [5, 5.41) is 7.00. The van der Waals surface area contributed by atoms with Crippen LogP contribution in [0.1, 0.15) is 17.8 Å². The van der Waals surface area contributed by atoms with E-state index < -0.39 is 0 Å². The molecule has 1 heterocycles. The fourth-order valence-corrected chi connectivity index (χ4v) is 1.41. The van der Waals surface area contributed by atoms with Gasteiger partial charge in [-0.3, -0.25) is 0 Å². The van der Waals surface area contributed by atoms with Crippen LogP contribution in [0.25, 0.3) is 0 Å². The lowest BCUT2D eigenvalue weighted by atomic mass is 10.2. The topological polar surface area (TPSA) is 37.8 Å². The van der Waals surface area contributed by atoms with Crippen molar-refractivity contribution in [3.8, 4) is 0 Å². The number of hydrogen-bond donors (Lipinski definition) is 1. The van der Waals surface area contributed by atoms with Crippen molar-refractivity contribution < 1.29 is 0 Å². The van der Waals surface area contributed by atoms with Crippen LogP contribution >= 0.6 is 11.5 Å². The molecule has 0 saturated heterocycles. The first-order valence-electron chi connectivity index (χ1n) is 3.51. The molecule has 1 rings (SSSR count). The van der Waals surface area contributed by atoms with E-state index in [1.165, 1.54) is 11.5 Å². The number of hydrogen-bond acceptors (Lipinski definition) is 4. The summed E-state index contributed by atoms with van der Waals surface area (Å²) >= 11 is 1.40. The second kappa shape index (κ2) is 4.20. The van der Waals surface area contributed by atoms with Gasteiger partial charge in [-0.15, -0.1) is 11.7 Å². The van der Waals surface area contributed by atoms with E-state index in [2.05, 4.69) is 28.4 Å². The van der Waals surface area contributed by atoms with Gasteiger partial charge >= 0.3 is 0 Å². The lowest BCUT2D eigenvalue weighted by Gasteiger charge is -2.08. The molecule has 0 amide bonds. The van der Waals surface area contributed by atoms with Gasteiger partial charge in [-0.05, 0) is 18.1 Å². The molecule has 0 saturated carbocycles. The first kappa shape index (κ1) is 8.36. The van der Waals surface area contributed by atoms with E-state index in [0.717, 1.165) is 11.4 Å². The summed E-state index contributed by atoms with van der Waals surface area (Å²) in [5.41, 5.74) is 0. The molecule has 1 aromatic rings. The normalized spacial score (nSPS) is 12.8. The summed E-state index contributed by atoms with van der Waals surface area (Å²) in [4.78, 5) is 1.11. The lowest BCUT2D eigenvalue weighted by Crippen LogP contribution is -2.17. The summed E-state index contributed by atoms with van der Waals surface area (Å²) in [7, 11) is 0. The van der Waals surface area contributed by atoms with Crippen LogP contribution in [-0.2, 0) is 0 Å². The minimum atomic E-state index is 0.208. The monoisotopic (exact) mass is 169 g/mol. The Balaban J connectivity index is 2.63. The van der Waals surface area contributed by atoms with Crippen LogP contribution in [0, 0.1) is 0 Å². The highest BCUT2D eigenvalue weighted by atomic mass is 32.1. The molecule has 1 N–H and O–H groups in total.